The molecule has 0 radical (unpaired) electrons. The zero-order chi connectivity index (χ0) is 9.97. The maximum Gasteiger partial charge on any atom is 0.0372 e. The van der Waals surface area contributed by atoms with Gasteiger partial charge in [-0.2, -0.15) is 0 Å². The van der Waals surface area contributed by atoms with Crippen LogP contribution in [0.3, 0.4) is 0 Å². The van der Waals surface area contributed by atoms with Gasteiger partial charge in [-0.05, 0) is 43.4 Å². The van der Waals surface area contributed by atoms with Gasteiger partial charge in [-0.3, -0.25) is 0 Å². The molecule has 0 bridgehead atoms. The molecule has 2 nitrogen and oxygen atoms in total. The lowest BCUT2D eigenvalue weighted by Crippen LogP contribution is -2.18. The molecule has 14 heavy (non-hydrogen) atoms. The summed E-state index contributed by atoms with van der Waals surface area (Å²) in [5, 5.41) is 3.41. The van der Waals surface area contributed by atoms with E-state index in [1.54, 1.807) is 0 Å². The Kier molecular flexibility index (Phi) is 2.73. The second-order valence-electron chi connectivity index (χ2n) is 4.20. The van der Waals surface area contributed by atoms with E-state index >= 15 is 0 Å². The third kappa shape index (κ3) is 2.07. The highest BCUT2D eigenvalue weighted by Crippen LogP contribution is 2.23. The maximum atomic E-state index is 5.78. The summed E-state index contributed by atoms with van der Waals surface area (Å²) >= 11 is 0. The Labute approximate surface area is 85.5 Å². The number of nitrogens with one attached hydrogen (secondary N) is 1. The Morgan fingerprint density at radius 3 is 3.14 bits per heavy atom. The van der Waals surface area contributed by atoms with Gasteiger partial charge in [0.15, 0.2) is 0 Å². The van der Waals surface area contributed by atoms with Gasteiger partial charge in [-0.1, -0.05) is 12.1 Å². The molecule has 2 rings (SSSR count). The van der Waals surface area contributed by atoms with E-state index in [4.69, 9.17) is 5.73 Å². The molecule has 0 saturated carbocycles. The van der Waals surface area contributed by atoms with Crippen molar-refractivity contribution in [3.63, 3.8) is 0 Å². The van der Waals surface area contributed by atoms with E-state index in [0.717, 1.165) is 13.0 Å². The molecular formula is C12H18N2. The number of hydrogen-bond donors (Lipinski definition) is 2. The van der Waals surface area contributed by atoms with E-state index in [2.05, 4.69) is 30.4 Å². The average Bonchev–Trinajstić information content (AvgIpc) is 2.17. The highest BCUT2D eigenvalue weighted by atomic mass is 14.9. The first kappa shape index (κ1) is 9.53. The molecule has 76 valence electrons. The first-order chi connectivity index (χ1) is 6.75. The number of benzene rings is 1. The normalized spacial score (nSPS) is 17.0. The molecule has 1 aliphatic heterocycles. The van der Waals surface area contributed by atoms with Crippen LogP contribution in [0.5, 0.6) is 0 Å². The molecule has 1 aromatic carbocycles. The third-order valence-corrected chi connectivity index (χ3v) is 2.67. The van der Waals surface area contributed by atoms with Crippen molar-refractivity contribution < 1.29 is 0 Å². The quantitative estimate of drug-likeness (QED) is 0.748. The number of fused-ring (bicyclic) bond motifs is 1. The van der Waals surface area contributed by atoms with Crippen molar-refractivity contribution in [1.82, 2.24) is 0 Å². The van der Waals surface area contributed by atoms with Crippen LogP contribution in [0.25, 0.3) is 0 Å². The number of aryl methyl sites for hydroxylation is 1. The molecule has 0 amide bonds. The maximum absolute atomic E-state index is 5.78. The molecule has 3 N–H and O–H groups in total. The second kappa shape index (κ2) is 4.01. The van der Waals surface area contributed by atoms with Crippen molar-refractivity contribution in [1.29, 1.82) is 0 Å². The van der Waals surface area contributed by atoms with E-state index in [-0.39, 0.29) is 6.04 Å². The third-order valence-electron chi connectivity index (χ3n) is 2.67. The van der Waals surface area contributed by atoms with Crippen LogP contribution >= 0.6 is 0 Å². The monoisotopic (exact) mass is 190 g/mol. The smallest absolute Gasteiger partial charge is 0.0372 e. The molecule has 1 aromatic rings. The highest BCUT2D eigenvalue weighted by molar-refractivity contribution is 5.54. The molecule has 0 saturated heterocycles. The van der Waals surface area contributed by atoms with Gasteiger partial charge in [0.25, 0.3) is 0 Å². The zero-order valence-electron chi connectivity index (χ0n) is 8.72. The van der Waals surface area contributed by atoms with E-state index in [9.17, 15) is 0 Å². The molecule has 0 aliphatic carbocycles. The fraction of sp³-hybridized carbons (Fsp3) is 0.500. The molecule has 0 fully saturated rings. The molecule has 0 aromatic heterocycles. The van der Waals surface area contributed by atoms with Crippen molar-refractivity contribution in [2.75, 3.05) is 11.9 Å². The minimum absolute atomic E-state index is 0.254. The topological polar surface area (TPSA) is 38.0 Å². The van der Waals surface area contributed by atoms with Gasteiger partial charge in [-0.15, -0.1) is 0 Å². The minimum Gasteiger partial charge on any atom is -0.385 e. The van der Waals surface area contributed by atoms with Crippen LogP contribution in [-0.4, -0.2) is 12.6 Å². The molecule has 1 atom stereocenters. The number of rotatable bonds is 2. The average molecular weight is 190 g/mol. The van der Waals surface area contributed by atoms with Crippen molar-refractivity contribution in [3.05, 3.63) is 29.3 Å². The summed E-state index contributed by atoms with van der Waals surface area (Å²) in [7, 11) is 0. The van der Waals surface area contributed by atoms with Gasteiger partial charge in [0, 0.05) is 18.3 Å². The molecule has 2 heteroatoms. The van der Waals surface area contributed by atoms with Crippen LogP contribution in [0.4, 0.5) is 5.69 Å². The van der Waals surface area contributed by atoms with Crippen molar-refractivity contribution in [3.8, 4) is 0 Å². The molecule has 1 aliphatic rings. The second-order valence-corrected chi connectivity index (χ2v) is 4.20. The van der Waals surface area contributed by atoms with Gasteiger partial charge in [0.2, 0.25) is 0 Å². The summed E-state index contributed by atoms with van der Waals surface area (Å²) in [6, 6.07) is 6.92. The lowest BCUT2D eigenvalue weighted by Gasteiger charge is -2.19. The summed E-state index contributed by atoms with van der Waals surface area (Å²) in [6.07, 6.45) is 3.43. The van der Waals surface area contributed by atoms with Gasteiger partial charge < -0.3 is 11.1 Å². The van der Waals surface area contributed by atoms with E-state index in [1.165, 1.54) is 29.7 Å². The number of hydrogen-bond acceptors (Lipinski definition) is 2. The van der Waals surface area contributed by atoms with Gasteiger partial charge in [0.05, 0.1) is 0 Å². The van der Waals surface area contributed by atoms with Crippen LogP contribution in [0, 0.1) is 0 Å². The standard InChI is InChI=1S/C12H18N2/c1-9(13)7-10-4-5-12-11(8-10)3-2-6-14-12/h4-5,8-9,14H,2-3,6-7,13H2,1H3. The summed E-state index contributed by atoms with van der Waals surface area (Å²) in [4.78, 5) is 0. The predicted octanol–water partition coefficient (Wildman–Crippen LogP) is 1.93. The predicted molar refractivity (Wildman–Crippen MR) is 60.6 cm³/mol. The van der Waals surface area contributed by atoms with Gasteiger partial charge >= 0.3 is 0 Å². The first-order valence-corrected chi connectivity index (χ1v) is 5.37. The molecule has 1 unspecified atom stereocenters. The molecule has 1 heterocycles. The van der Waals surface area contributed by atoms with Crippen molar-refractivity contribution >= 4 is 5.69 Å². The summed E-state index contributed by atoms with van der Waals surface area (Å²) < 4.78 is 0. The first-order valence-electron chi connectivity index (χ1n) is 5.37. The lowest BCUT2D eigenvalue weighted by molar-refractivity contribution is 0.735. The minimum atomic E-state index is 0.254. The summed E-state index contributed by atoms with van der Waals surface area (Å²) in [5.74, 6) is 0. The lowest BCUT2D eigenvalue weighted by atomic mass is 9.98. The Balaban J connectivity index is 2.20. The van der Waals surface area contributed by atoms with Crippen LogP contribution in [0.2, 0.25) is 0 Å². The SMILES string of the molecule is CC(N)Cc1ccc2c(c1)CCCN2. The highest BCUT2D eigenvalue weighted by Gasteiger charge is 2.08. The zero-order valence-corrected chi connectivity index (χ0v) is 8.72. The summed E-state index contributed by atoms with van der Waals surface area (Å²) in [6.45, 7) is 3.16. The van der Waals surface area contributed by atoms with Gasteiger partial charge in [-0.25, -0.2) is 0 Å². The van der Waals surface area contributed by atoms with Gasteiger partial charge in [0.1, 0.15) is 0 Å². The van der Waals surface area contributed by atoms with Crippen LogP contribution in [-0.2, 0) is 12.8 Å². The number of anilines is 1. The molecular weight excluding hydrogens is 172 g/mol. The van der Waals surface area contributed by atoms with Crippen LogP contribution in [0.15, 0.2) is 18.2 Å². The van der Waals surface area contributed by atoms with Crippen molar-refractivity contribution in [2.45, 2.75) is 32.2 Å². The van der Waals surface area contributed by atoms with E-state index in [0.29, 0.717) is 0 Å². The Hall–Kier alpha value is -1.02. The fourth-order valence-electron chi connectivity index (χ4n) is 2.03. The Bertz CT molecular complexity index is 318. The Morgan fingerprint density at radius 1 is 1.50 bits per heavy atom. The van der Waals surface area contributed by atoms with Crippen molar-refractivity contribution in [2.24, 2.45) is 5.73 Å². The van der Waals surface area contributed by atoms with E-state index < -0.39 is 0 Å². The summed E-state index contributed by atoms with van der Waals surface area (Å²) in [5.41, 5.74) is 9.91. The largest absolute Gasteiger partial charge is 0.385 e. The molecule has 0 spiro atoms. The Morgan fingerprint density at radius 2 is 2.36 bits per heavy atom. The van der Waals surface area contributed by atoms with Crippen LogP contribution < -0.4 is 11.1 Å². The fourth-order valence-corrected chi connectivity index (χ4v) is 2.03. The van der Waals surface area contributed by atoms with Crippen LogP contribution in [0.1, 0.15) is 24.5 Å². The number of nitrogens with two attached hydrogens (primary N) is 1. The van der Waals surface area contributed by atoms with E-state index in [1.807, 2.05) is 0 Å².